The number of hydrogen-bond donors (Lipinski definition) is 1. The van der Waals surface area contributed by atoms with Crippen LogP contribution in [0.5, 0.6) is 0 Å². The van der Waals surface area contributed by atoms with E-state index in [-0.39, 0.29) is 6.04 Å². The third kappa shape index (κ3) is 1.54. The Balaban J connectivity index is 3.34. The molecule has 48 valence electrons. The summed E-state index contributed by atoms with van der Waals surface area (Å²) in [6, 6.07) is 3.42. The summed E-state index contributed by atoms with van der Waals surface area (Å²) in [5.41, 5.74) is 0. The Morgan fingerprint density at radius 3 is 2.78 bits per heavy atom. The molecule has 0 aliphatic rings. The molecular weight excluding hydrogens is 175 g/mol. The summed E-state index contributed by atoms with van der Waals surface area (Å²) in [7, 11) is 0. The SMILES string of the molecule is [2H]c1ccc(Cl)c(Cl)c1S. The van der Waals surface area contributed by atoms with E-state index in [9.17, 15) is 0 Å². The van der Waals surface area contributed by atoms with Crippen LogP contribution in [0.3, 0.4) is 0 Å². The molecule has 1 aromatic rings. The van der Waals surface area contributed by atoms with Gasteiger partial charge in [0.2, 0.25) is 0 Å². The van der Waals surface area contributed by atoms with Gasteiger partial charge in [0.1, 0.15) is 0 Å². The minimum atomic E-state index is 0.290. The highest BCUT2D eigenvalue weighted by molar-refractivity contribution is 7.80. The molecule has 0 saturated carbocycles. The number of benzene rings is 1. The number of thiol groups is 1. The standard InChI is InChI=1S/C6H4Cl2S/c7-4-2-1-3-5(9)6(4)8/h1-3,9H/i3D. The van der Waals surface area contributed by atoms with Crippen molar-refractivity contribution in [1.29, 1.82) is 0 Å². The maximum absolute atomic E-state index is 7.24. The van der Waals surface area contributed by atoms with Gasteiger partial charge in [-0.3, -0.25) is 0 Å². The lowest BCUT2D eigenvalue weighted by atomic mass is 10.4. The molecule has 0 atom stereocenters. The van der Waals surface area contributed by atoms with Crippen LogP contribution in [0, 0.1) is 0 Å². The van der Waals surface area contributed by atoms with Gasteiger partial charge < -0.3 is 0 Å². The highest BCUT2D eigenvalue weighted by atomic mass is 35.5. The molecule has 3 heteroatoms. The lowest BCUT2D eigenvalue weighted by Gasteiger charge is -1.95. The van der Waals surface area contributed by atoms with Gasteiger partial charge >= 0.3 is 0 Å². The van der Waals surface area contributed by atoms with Crippen molar-refractivity contribution in [3.8, 4) is 0 Å². The van der Waals surface area contributed by atoms with Gasteiger partial charge in [0, 0.05) is 4.90 Å². The van der Waals surface area contributed by atoms with Gasteiger partial charge in [-0.2, -0.15) is 0 Å². The molecule has 0 aliphatic heterocycles. The summed E-state index contributed by atoms with van der Waals surface area (Å²) in [5, 5.41) is 0.778. The van der Waals surface area contributed by atoms with E-state index in [0.29, 0.717) is 14.9 Å². The molecule has 1 rings (SSSR count). The van der Waals surface area contributed by atoms with Gasteiger partial charge in [-0.25, -0.2) is 0 Å². The van der Waals surface area contributed by atoms with Gasteiger partial charge in [-0.15, -0.1) is 12.6 Å². The Bertz CT molecular complexity index is 235. The first-order valence-electron chi connectivity index (χ1n) is 2.76. The summed E-state index contributed by atoms with van der Waals surface area (Å²) in [6.07, 6.45) is 0. The summed E-state index contributed by atoms with van der Waals surface area (Å²) < 4.78 is 7.24. The Morgan fingerprint density at radius 1 is 1.56 bits per heavy atom. The Kier molecular flexibility index (Phi) is 1.85. The molecule has 9 heavy (non-hydrogen) atoms. The minimum absolute atomic E-state index is 0.290. The zero-order valence-electron chi connectivity index (χ0n) is 5.36. The second-order valence-corrected chi connectivity index (χ2v) is 2.72. The Labute approximate surface area is 70.6 Å². The zero-order valence-corrected chi connectivity index (χ0v) is 6.76. The zero-order chi connectivity index (χ0) is 7.72. The van der Waals surface area contributed by atoms with Crippen LogP contribution in [-0.2, 0) is 0 Å². The third-order valence-electron chi connectivity index (χ3n) is 0.867. The fraction of sp³-hybridized carbons (Fsp3) is 0. The molecule has 0 saturated heterocycles. The van der Waals surface area contributed by atoms with Gasteiger partial charge in [-0.05, 0) is 12.1 Å². The van der Waals surface area contributed by atoms with E-state index in [1.54, 1.807) is 12.1 Å². The lowest BCUT2D eigenvalue weighted by Crippen LogP contribution is -1.68. The molecule has 1 aromatic carbocycles. The summed E-state index contributed by atoms with van der Waals surface area (Å²) >= 11 is 15.3. The molecule has 0 nitrogen and oxygen atoms in total. The highest BCUT2D eigenvalue weighted by Gasteiger charge is 1.97. The summed E-state index contributed by atoms with van der Waals surface area (Å²) in [5.74, 6) is 0. The fourth-order valence-corrected chi connectivity index (χ4v) is 0.979. The van der Waals surface area contributed by atoms with E-state index in [4.69, 9.17) is 24.6 Å². The topological polar surface area (TPSA) is 0 Å². The molecule has 0 unspecified atom stereocenters. The maximum atomic E-state index is 7.24. The fourth-order valence-electron chi connectivity index (χ4n) is 0.443. The number of hydrogen-bond acceptors (Lipinski definition) is 1. The van der Waals surface area contributed by atoms with Crippen LogP contribution in [0.25, 0.3) is 0 Å². The van der Waals surface area contributed by atoms with Crippen LogP contribution in [0.4, 0.5) is 0 Å². The molecule has 0 N–H and O–H groups in total. The molecule has 0 radical (unpaired) electrons. The Hall–Kier alpha value is 0.150. The number of halogens is 2. The van der Waals surface area contributed by atoms with Crippen molar-refractivity contribution in [3.05, 3.63) is 28.2 Å². The average molecular weight is 180 g/mol. The predicted molar refractivity (Wildman–Crippen MR) is 43.7 cm³/mol. The van der Waals surface area contributed by atoms with E-state index < -0.39 is 0 Å². The van der Waals surface area contributed by atoms with Crippen LogP contribution in [0.15, 0.2) is 23.1 Å². The van der Waals surface area contributed by atoms with Gasteiger partial charge in [-0.1, -0.05) is 29.3 Å². The van der Waals surface area contributed by atoms with Crippen LogP contribution < -0.4 is 0 Å². The first-order chi connectivity index (χ1) is 4.63. The molecular formula is C6H4Cl2S. The smallest absolute Gasteiger partial charge is 0.0725 e. The maximum Gasteiger partial charge on any atom is 0.0725 e. The van der Waals surface area contributed by atoms with Crippen LogP contribution >= 0.6 is 35.8 Å². The lowest BCUT2D eigenvalue weighted by molar-refractivity contribution is 1.48. The normalized spacial score (nSPS) is 11.2. The monoisotopic (exact) mass is 179 g/mol. The van der Waals surface area contributed by atoms with Crippen molar-refractivity contribution >= 4 is 35.8 Å². The van der Waals surface area contributed by atoms with Gasteiger partial charge in [0.05, 0.1) is 11.4 Å². The average Bonchev–Trinajstić information content (AvgIpc) is 1.93. The Morgan fingerprint density at radius 2 is 2.22 bits per heavy atom. The van der Waals surface area contributed by atoms with Gasteiger partial charge in [0.25, 0.3) is 0 Å². The second kappa shape index (κ2) is 2.82. The van der Waals surface area contributed by atoms with E-state index in [1.807, 2.05) is 0 Å². The molecule has 0 aliphatic carbocycles. The quantitative estimate of drug-likeness (QED) is 0.582. The van der Waals surface area contributed by atoms with E-state index in [0.717, 1.165) is 0 Å². The van der Waals surface area contributed by atoms with Gasteiger partial charge in [0.15, 0.2) is 0 Å². The molecule has 0 bridgehead atoms. The van der Waals surface area contributed by atoms with Crippen molar-refractivity contribution in [2.75, 3.05) is 0 Å². The van der Waals surface area contributed by atoms with E-state index >= 15 is 0 Å². The first-order valence-corrected chi connectivity index (χ1v) is 3.47. The molecule has 0 heterocycles. The van der Waals surface area contributed by atoms with E-state index in [1.165, 1.54) is 0 Å². The molecule has 0 fully saturated rings. The van der Waals surface area contributed by atoms with Crippen molar-refractivity contribution in [3.63, 3.8) is 0 Å². The first kappa shape index (κ1) is 5.90. The van der Waals surface area contributed by atoms with Crippen molar-refractivity contribution in [2.45, 2.75) is 4.90 Å². The van der Waals surface area contributed by atoms with Crippen molar-refractivity contribution in [2.24, 2.45) is 0 Å². The largest absolute Gasteiger partial charge is 0.142 e. The second-order valence-electron chi connectivity index (χ2n) is 1.49. The minimum Gasteiger partial charge on any atom is -0.142 e. The third-order valence-corrected chi connectivity index (χ3v) is 2.16. The van der Waals surface area contributed by atoms with E-state index in [2.05, 4.69) is 12.6 Å². The van der Waals surface area contributed by atoms with Crippen LogP contribution in [0.2, 0.25) is 10.0 Å². The summed E-state index contributed by atoms with van der Waals surface area (Å²) in [6.45, 7) is 0. The van der Waals surface area contributed by atoms with Crippen molar-refractivity contribution < 1.29 is 1.37 Å². The summed E-state index contributed by atoms with van der Waals surface area (Å²) in [4.78, 5) is 0.425. The molecule has 0 spiro atoms. The van der Waals surface area contributed by atoms with Crippen LogP contribution in [-0.4, -0.2) is 0 Å². The number of rotatable bonds is 0. The molecule has 0 aromatic heterocycles. The highest BCUT2D eigenvalue weighted by Crippen LogP contribution is 2.27. The predicted octanol–water partition coefficient (Wildman–Crippen LogP) is 3.28. The van der Waals surface area contributed by atoms with Crippen LogP contribution in [0.1, 0.15) is 1.37 Å². The van der Waals surface area contributed by atoms with Crippen molar-refractivity contribution in [1.82, 2.24) is 0 Å². The molecule has 0 amide bonds.